The molecule has 6 heteroatoms. The molecule has 0 saturated heterocycles. The van der Waals surface area contributed by atoms with E-state index < -0.39 is 16.1 Å². The van der Waals surface area contributed by atoms with Crippen LogP contribution >= 0.6 is 0 Å². The molecular formula is C8H19NO4S. The molecule has 0 aliphatic rings. The highest BCUT2D eigenvalue weighted by Crippen LogP contribution is 2.05. The number of hydrogen-bond donors (Lipinski definition) is 1. The highest BCUT2D eigenvalue weighted by molar-refractivity contribution is 7.90. The van der Waals surface area contributed by atoms with Gasteiger partial charge in [0.15, 0.2) is 6.29 Å². The van der Waals surface area contributed by atoms with E-state index in [1.807, 2.05) is 0 Å². The molecule has 5 nitrogen and oxygen atoms in total. The molecule has 86 valence electrons. The Balaban J connectivity index is 3.78. The molecular weight excluding hydrogens is 206 g/mol. The maximum absolute atomic E-state index is 10.8. The van der Waals surface area contributed by atoms with E-state index in [9.17, 15) is 8.42 Å². The molecule has 14 heavy (non-hydrogen) atoms. The standard InChI is InChI=1S/C8H19NO4S/c1-12-8(13-2)7(9)5-4-6-14(3,10)11/h7-8H,4-6,9H2,1-3H3. The van der Waals surface area contributed by atoms with Crippen LogP contribution in [0.4, 0.5) is 0 Å². The topological polar surface area (TPSA) is 78.6 Å². The number of rotatable bonds is 7. The van der Waals surface area contributed by atoms with Crippen LogP contribution in [0.3, 0.4) is 0 Å². The van der Waals surface area contributed by atoms with Crippen LogP contribution in [-0.4, -0.2) is 47.0 Å². The molecule has 0 aliphatic heterocycles. The van der Waals surface area contributed by atoms with Gasteiger partial charge in [-0.3, -0.25) is 0 Å². The van der Waals surface area contributed by atoms with E-state index in [0.29, 0.717) is 12.8 Å². The maximum atomic E-state index is 10.8. The summed E-state index contributed by atoms with van der Waals surface area (Å²) in [7, 11) is 0.113. The van der Waals surface area contributed by atoms with E-state index in [0.717, 1.165) is 0 Å². The molecule has 0 amide bonds. The molecule has 1 unspecified atom stereocenters. The van der Waals surface area contributed by atoms with E-state index in [4.69, 9.17) is 15.2 Å². The molecule has 0 aromatic carbocycles. The first-order chi connectivity index (χ1) is 6.40. The minimum atomic E-state index is -2.90. The lowest BCUT2D eigenvalue weighted by Gasteiger charge is -2.20. The lowest BCUT2D eigenvalue weighted by molar-refractivity contribution is -0.117. The van der Waals surface area contributed by atoms with Crippen molar-refractivity contribution >= 4 is 9.84 Å². The van der Waals surface area contributed by atoms with Crippen LogP contribution in [0, 0.1) is 0 Å². The second kappa shape index (κ2) is 6.34. The Bertz CT molecular complexity index is 236. The Hall–Kier alpha value is -0.170. The van der Waals surface area contributed by atoms with Gasteiger partial charge in [-0.15, -0.1) is 0 Å². The van der Waals surface area contributed by atoms with Gasteiger partial charge in [-0.05, 0) is 12.8 Å². The Morgan fingerprint density at radius 3 is 2.14 bits per heavy atom. The van der Waals surface area contributed by atoms with Gasteiger partial charge in [-0.1, -0.05) is 0 Å². The number of methoxy groups -OCH3 is 2. The molecule has 0 heterocycles. The lowest BCUT2D eigenvalue weighted by atomic mass is 10.2. The summed E-state index contributed by atoms with van der Waals surface area (Å²) in [4.78, 5) is 0. The Morgan fingerprint density at radius 1 is 1.29 bits per heavy atom. The van der Waals surface area contributed by atoms with Gasteiger partial charge >= 0.3 is 0 Å². The Labute approximate surface area is 85.5 Å². The zero-order valence-electron chi connectivity index (χ0n) is 8.89. The Morgan fingerprint density at radius 2 is 1.79 bits per heavy atom. The summed E-state index contributed by atoms with van der Waals surface area (Å²) < 4.78 is 31.5. The monoisotopic (exact) mass is 225 g/mol. The molecule has 1 atom stereocenters. The Kier molecular flexibility index (Phi) is 6.26. The minimum Gasteiger partial charge on any atom is -0.354 e. The van der Waals surface area contributed by atoms with Crippen LogP contribution in [0.25, 0.3) is 0 Å². The van der Waals surface area contributed by atoms with E-state index in [-0.39, 0.29) is 11.8 Å². The van der Waals surface area contributed by atoms with Crippen LogP contribution in [0.1, 0.15) is 12.8 Å². The van der Waals surface area contributed by atoms with Gasteiger partial charge in [0.2, 0.25) is 0 Å². The molecule has 0 bridgehead atoms. The summed E-state index contributed by atoms with van der Waals surface area (Å²) in [5.74, 6) is 0.154. The second-order valence-corrected chi connectivity index (χ2v) is 5.54. The van der Waals surface area contributed by atoms with Crippen molar-refractivity contribution < 1.29 is 17.9 Å². The van der Waals surface area contributed by atoms with Crippen molar-refractivity contribution in [2.24, 2.45) is 5.73 Å². The van der Waals surface area contributed by atoms with Gasteiger partial charge in [-0.2, -0.15) is 0 Å². The summed E-state index contributed by atoms with van der Waals surface area (Å²) in [5, 5.41) is 0. The fraction of sp³-hybridized carbons (Fsp3) is 1.00. The van der Waals surface area contributed by atoms with Crippen molar-refractivity contribution in [3.8, 4) is 0 Å². The van der Waals surface area contributed by atoms with Gasteiger partial charge < -0.3 is 15.2 Å². The first-order valence-corrected chi connectivity index (χ1v) is 6.45. The van der Waals surface area contributed by atoms with Crippen molar-refractivity contribution in [2.75, 3.05) is 26.2 Å². The highest BCUT2D eigenvalue weighted by atomic mass is 32.2. The summed E-state index contributed by atoms with van der Waals surface area (Å²) in [5.41, 5.74) is 5.72. The summed E-state index contributed by atoms with van der Waals surface area (Å²) >= 11 is 0. The van der Waals surface area contributed by atoms with Crippen molar-refractivity contribution in [1.29, 1.82) is 0 Å². The third-order valence-electron chi connectivity index (χ3n) is 1.87. The largest absolute Gasteiger partial charge is 0.354 e. The molecule has 0 aromatic heterocycles. The van der Waals surface area contributed by atoms with Crippen LogP contribution < -0.4 is 5.73 Å². The zero-order chi connectivity index (χ0) is 11.2. The third kappa shape index (κ3) is 6.31. The van der Waals surface area contributed by atoms with Crippen molar-refractivity contribution in [2.45, 2.75) is 25.2 Å². The molecule has 0 aromatic rings. The average molecular weight is 225 g/mol. The molecule has 0 fully saturated rings. The first-order valence-electron chi connectivity index (χ1n) is 4.39. The molecule has 0 radical (unpaired) electrons. The second-order valence-electron chi connectivity index (χ2n) is 3.28. The van der Waals surface area contributed by atoms with Crippen molar-refractivity contribution in [1.82, 2.24) is 0 Å². The molecule has 0 aliphatic carbocycles. The van der Waals surface area contributed by atoms with Crippen molar-refractivity contribution in [3.05, 3.63) is 0 Å². The van der Waals surface area contributed by atoms with Crippen molar-refractivity contribution in [3.63, 3.8) is 0 Å². The van der Waals surface area contributed by atoms with E-state index in [1.165, 1.54) is 20.5 Å². The predicted molar refractivity (Wildman–Crippen MR) is 54.7 cm³/mol. The molecule has 0 spiro atoms. The summed E-state index contributed by atoms with van der Waals surface area (Å²) in [6.45, 7) is 0. The van der Waals surface area contributed by atoms with Gasteiger partial charge in [0.05, 0.1) is 6.04 Å². The first kappa shape index (κ1) is 13.8. The zero-order valence-corrected chi connectivity index (χ0v) is 9.71. The number of hydrogen-bond acceptors (Lipinski definition) is 5. The molecule has 0 saturated carbocycles. The third-order valence-corrected chi connectivity index (χ3v) is 2.90. The fourth-order valence-corrected chi connectivity index (χ4v) is 1.85. The lowest BCUT2D eigenvalue weighted by Crippen LogP contribution is -2.37. The quantitative estimate of drug-likeness (QED) is 0.605. The molecule has 2 N–H and O–H groups in total. The van der Waals surface area contributed by atoms with Gasteiger partial charge in [-0.25, -0.2) is 8.42 Å². The summed E-state index contributed by atoms with van der Waals surface area (Å²) in [6.07, 6.45) is 1.85. The van der Waals surface area contributed by atoms with E-state index >= 15 is 0 Å². The smallest absolute Gasteiger partial charge is 0.171 e. The van der Waals surface area contributed by atoms with Crippen LogP contribution in [0.5, 0.6) is 0 Å². The molecule has 0 rings (SSSR count). The normalized spacial score (nSPS) is 14.6. The fourth-order valence-electron chi connectivity index (χ4n) is 1.16. The number of nitrogens with two attached hydrogens (primary N) is 1. The van der Waals surface area contributed by atoms with Crippen LogP contribution in [0.15, 0.2) is 0 Å². The minimum absolute atomic E-state index is 0.154. The van der Waals surface area contributed by atoms with Crippen LogP contribution in [-0.2, 0) is 19.3 Å². The number of ether oxygens (including phenoxy) is 2. The number of sulfone groups is 1. The van der Waals surface area contributed by atoms with Gasteiger partial charge in [0.25, 0.3) is 0 Å². The predicted octanol–water partition coefficient (Wildman–Crippen LogP) is -0.243. The SMILES string of the molecule is COC(OC)C(N)CCCS(C)(=O)=O. The summed E-state index contributed by atoms with van der Waals surface area (Å²) in [6, 6.07) is -0.285. The highest BCUT2D eigenvalue weighted by Gasteiger charge is 2.16. The average Bonchev–Trinajstić information content (AvgIpc) is 2.04. The van der Waals surface area contributed by atoms with E-state index in [2.05, 4.69) is 0 Å². The van der Waals surface area contributed by atoms with E-state index in [1.54, 1.807) is 0 Å². The van der Waals surface area contributed by atoms with Gasteiger partial charge in [0.1, 0.15) is 9.84 Å². The van der Waals surface area contributed by atoms with Crippen LogP contribution in [0.2, 0.25) is 0 Å². The maximum Gasteiger partial charge on any atom is 0.171 e. The van der Waals surface area contributed by atoms with Gasteiger partial charge in [0, 0.05) is 26.2 Å².